The Morgan fingerprint density at radius 2 is 0.958 bits per heavy atom. The first-order chi connectivity index (χ1) is 23.2. The number of aromatic nitrogens is 2. The van der Waals surface area contributed by atoms with Crippen LogP contribution in [0.15, 0.2) is 105 Å². The minimum absolute atomic E-state index is 0.0488. The highest BCUT2D eigenvalue weighted by atomic mass is 32.2. The number of thioether (sulfide) groups is 1. The van der Waals surface area contributed by atoms with Crippen LogP contribution in [-0.2, 0) is 18.6 Å². The summed E-state index contributed by atoms with van der Waals surface area (Å²) in [5.41, 5.74) is 12.2. The zero-order valence-corrected chi connectivity index (χ0v) is 30.3. The van der Waals surface area contributed by atoms with Crippen molar-refractivity contribution < 1.29 is 0 Å². The number of pyridine rings is 2. The standard InChI is InChI=1S/C41H48N6S/c1-27(2)35-20-18-33(19-21-35)23-37-25-43-29(4)39-11-8-12-40(46-39)30(5)44-36(22-32-14-16-34(17-15-32)26-48-7)24-42-28(3)38-10-9-13-41(47-38)31(6)45-37/h8-21,27,36-37H,22-26H2,1-7H3/b42-28+,43-29+,44-30+,45-31+/t36-,37-/m0/s1. The van der Waals surface area contributed by atoms with Gasteiger partial charge in [-0.2, -0.15) is 11.8 Å². The van der Waals surface area contributed by atoms with Gasteiger partial charge in [0.15, 0.2) is 0 Å². The lowest BCUT2D eigenvalue weighted by Crippen LogP contribution is -2.19. The highest BCUT2D eigenvalue weighted by Crippen LogP contribution is 2.18. The maximum Gasteiger partial charge on any atom is 0.0845 e. The van der Waals surface area contributed by atoms with Crippen LogP contribution in [0.25, 0.3) is 0 Å². The molecule has 2 aromatic heterocycles. The van der Waals surface area contributed by atoms with Crippen LogP contribution in [0.1, 0.15) is 92.5 Å². The number of fused-ring (bicyclic) bond motifs is 4. The molecule has 3 heterocycles. The van der Waals surface area contributed by atoms with Crippen molar-refractivity contribution in [2.75, 3.05) is 19.3 Å². The normalized spacial score (nSPS) is 21.8. The molecule has 6 nitrogen and oxygen atoms in total. The van der Waals surface area contributed by atoms with Gasteiger partial charge in [0.1, 0.15) is 0 Å². The quantitative estimate of drug-likeness (QED) is 0.200. The average Bonchev–Trinajstić information content (AvgIpc) is 3.10. The molecule has 2 atom stereocenters. The molecule has 4 bridgehead atoms. The average molecular weight is 657 g/mol. The topological polar surface area (TPSA) is 75.2 Å². The SMILES string of the molecule is CSCc1ccc(C[C@H]2C/N=C(\C)c3cccc(n3)/C(C)=N/[C@@H](Cc3ccc(C(C)C)cc3)C/N=C(\C)c3cccc(n3)/C(C)=N/2)cc1. The first-order valence-electron chi connectivity index (χ1n) is 16.9. The van der Waals surface area contributed by atoms with Crippen LogP contribution in [0, 0.1) is 0 Å². The predicted octanol–water partition coefficient (Wildman–Crippen LogP) is 8.64. The molecule has 0 saturated carbocycles. The summed E-state index contributed by atoms with van der Waals surface area (Å²) in [7, 11) is 0. The molecule has 48 heavy (non-hydrogen) atoms. The smallest absolute Gasteiger partial charge is 0.0845 e. The summed E-state index contributed by atoms with van der Waals surface area (Å²) in [5, 5.41) is 0. The lowest BCUT2D eigenvalue weighted by Gasteiger charge is -2.16. The van der Waals surface area contributed by atoms with Crippen molar-refractivity contribution in [1.82, 2.24) is 9.97 Å². The van der Waals surface area contributed by atoms with Crippen LogP contribution in [0.4, 0.5) is 0 Å². The molecule has 0 fully saturated rings. The third-order valence-corrected chi connectivity index (χ3v) is 9.36. The number of hydrogen-bond donors (Lipinski definition) is 0. The number of benzene rings is 2. The molecule has 5 rings (SSSR count). The Bertz CT molecular complexity index is 1800. The van der Waals surface area contributed by atoms with E-state index in [1.807, 2.05) is 75.9 Å². The third kappa shape index (κ3) is 9.66. The summed E-state index contributed by atoms with van der Waals surface area (Å²) in [6, 6.07) is 29.9. The largest absolute Gasteiger partial charge is 0.286 e. The maximum atomic E-state index is 5.21. The fraction of sp³-hybridized carbons (Fsp3) is 0.366. The van der Waals surface area contributed by atoms with Gasteiger partial charge in [0.2, 0.25) is 0 Å². The van der Waals surface area contributed by atoms with Crippen molar-refractivity contribution in [3.05, 3.63) is 130 Å². The molecule has 0 amide bonds. The van der Waals surface area contributed by atoms with Crippen LogP contribution in [0.2, 0.25) is 0 Å². The van der Waals surface area contributed by atoms with E-state index in [0.717, 1.165) is 64.2 Å². The van der Waals surface area contributed by atoms with Crippen LogP contribution >= 0.6 is 11.8 Å². The van der Waals surface area contributed by atoms with E-state index in [1.165, 1.54) is 22.3 Å². The molecular weight excluding hydrogens is 609 g/mol. The van der Waals surface area contributed by atoms with Crippen molar-refractivity contribution in [2.24, 2.45) is 20.0 Å². The van der Waals surface area contributed by atoms with E-state index >= 15 is 0 Å². The first-order valence-corrected chi connectivity index (χ1v) is 18.3. The highest BCUT2D eigenvalue weighted by Gasteiger charge is 2.15. The summed E-state index contributed by atoms with van der Waals surface area (Å²) >= 11 is 1.84. The molecule has 0 N–H and O–H groups in total. The van der Waals surface area contributed by atoms with Crippen molar-refractivity contribution >= 4 is 34.6 Å². The molecule has 248 valence electrons. The second kappa shape index (κ2) is 16.7. The highest BCUT2D eigenvalue weighted by molar-refractivity contribution is 7.97. The van der Waals surface area contributed by atoms with E-state index in [4.69, 9.17) is 29.9 Å². The summed E-state index contributed by atoms with van der Waals surface area (Å²) in [6.45, 7) is 13.7. The molecule has 2 aromatic carbocycles. The van der Waals surface area contributed by atoms with Crippen LogP contribution in [-0.4, -0.2) is 64.2 Å². The molecule has 1 aliphatic rings. The molecular formula is C41H48N6S. The fourth-order valence-electron chi connectivity index (χ4n) is 5.83. The Morgan fingerprint density at radius 3 is 1.38 bits per heavy atom. The van der Waals surface area contributed by atoms with Gasteiger partial charge in [0.05, 0.1) is 70.8 Å². The molecule has 0 aliphatic carbocycles. The van der Waals surface area contributed by atoms with E-state index in [9.17, 15) is 0 Å². The van der Waals surface area contributed by atoms with Gasteiger partial charge in [-0.15, -0.1) is 0 Å². The number of nitrogens with zero attached hydrogens (tertiary/aromatic N) is 6. The molecule has 1 aliphatic heterocycles. The van der Waals surface area contributed by atoms with E-state index < -0.39 is 0 Å². The van der Waals surface area contributed by atoms with Crippen LogP contribution in [0.3, 0.4) is 0 Å². The minimum Gasteiger partial charge on any atom is -0.286 e. The lowest BCUT2D eigenvalue weighted by atomic mass is 9.99. The Morgan fingerprint density at radius 1 is 0.562 bits per heavy atom. The summed E-state index contributed by atoms with van der Waals surface area (Å²) < 4.78 is 0. The Kier molecular flexibility index (Phi) is 12.2. The van der Waals surface area contributed by atoms with Crippen molar-refractivity contribution in [1.29, 1.82) is 0 Å². The molecule has 0 spiro atoms. The number of aliphatic imine (C=N–C) groups is 4. The van der Waals surface area contributed by atoms with Gasteiger partial charge < -0.3 is 0 Å². The van der Waals surface area contributed by atoms with Crippen molar-refractivity contribution in [3.63, 3.8) is 0 Å². The van der Waals surface area contributed by atoms with Crippen molar-refractivity contribution in [2.45, 2.75) is 78.1 Å². The molecule has 0 saturated heterocycles. The van der Waals surface area contributed by atoms with Gasteiger partial charge >= 0.3 is 0 Å². The molecule has 0 unspecified atom stereocenters. The van der Waals surface area contributed by atoms with Gasteiger partial charge in [0.25, 0.3) is 0 Å². The molecule has 0 radical (unpaired) electrons. The van der Waals surface area contributed by atoms with E-state index in [1.54, 1.807) is 0 Å². The maximum absolute atomic E-state index is 5.21. The summed E-state index contributed by atoms with van der Waals surface area (Å²) in [6.07, 6.45) is 3.70. The predicted molar refractivity (Wildman–Crippen MR) is 206 cm³/mol. The summed E-state index contributed by atoms with van der Waals surface area (Å²) in [5.74, 6) is 1.51. The monoisotopic (exact) mass is 656 g/mol. The van der Waals surface area contributed by atoms with Crippen molar-refractivity contribution in [3.8, 4) is 0 Å². The number of hydrogen-bond acceptors (Lipinski definition) is 7. The van der Waals surface area contributed by atoms with Gasteiger partial charge in [-0.1, -0.05) is 74.5 Å². The molecule has 4 aromatic rings. The third-order valence-electron chi connectivity index (χ3n) is 8.73. The van der Waals surface area contributed by atoms with Gasteiger partial charge in [-0.05, 0) is 99.2 Å². The Hall–Kier alpha value is -4.23. The first kappa shape index (κ1) is 35.1. The summed E-state index contributed by atoms with van der Waals surface area (Å²) in [4.78, 5) is 30.5. The molecule has 7 heteroatoms. The Balaban J connectivity index is 1.52. The fourth-order valence-corrected chi connectivity index (χ4v) is 6.35. The minimum atomic E-state index is -0.0500. The zero-order chi connectivity index (χ0) is 34.0. The van der Waals surface area contributed by atoms with Crippen LogP contribution in [0.5, 0.6) is 0 Å². The number of rotatable bonds is 7. The second-order valence-corrected chi connectivity index (χ2v) is 13.8. The van der Waals surface area contributed by atoms with Gasteiger partial charge in [0, 0.05) is 5.75 Å². The second-order valence-electron chi connectivity index (χ2n) is 13.0. The Labute approximate surface area is 291 Å². The zero-order valence-electron chi connectivity index (χ0n) is 29.4. The van der Waals surface area contributed by atoms with Gasteiger partial charge in [-0.3, -0.25) is 20.0 Å². The van der Waals surface area contributed by atoms with Crippen LogP contribution < -0.4 is 0 Å². The van der Waals surface area contributed by atoms with E-state index in [0.29, 0.717) is 19.0 Å². The van der Waals surface area contributed by atoms with Gasteiger partial charge in [-0.25, -0.2) is 9.97 Å². The van der Waals surface area contributed by atoms with E-state index in [2.05, 4.69) is 68.6 Å². The lowest BCUT2D eigenvalue weighted by molar-refractivity contribution is 0.680. The van der Waals surface area contributed by atoms with E-state index in [-0.39, 0.29) is 12.1 Å².